The molecule has 1 heterocycles. The minimum absolute atomic E-state index is 0.193. The smallest absolute Gasteiger partial charge is 0.329 e. The summed E-state index contributed by atoms with van der Waals surface area (Å²) in [6.07, 6.45) is 0.697. The molecular formula is C18H25NO4. The van der Waals surface area contributed by atoms with Crippen LogP contribution in [0.25, 0.3) is 0 Å². The highest BCUT2D eigenvalue weighted by Gasteiger charge is 2.36. The van der Waals surface area contributed by atoms with Crippen molar-refractivity contribution >= 4 is 11.9 Å². The first-order valence-corrected chi connectivity index (χ1v) is 8.18. The predicted molar refractivity (Wildman–Crippen MR) is 86.4 cm³/mol. The molecule has 23 heavy (non-hydrogen) atoms. The first-order chi connectivity index (χ1) is 11.0. The number of rotatable bonds is 6. The lowest BCUT2D eigenvalue weighted by atomic mass is 9.98. The molecule has 0 aromatic heterocycles. The fourth-order valence-electron chi connectivity index (χ4n) is 2.81. The lowest BCUT2D eigenvalue weighted by molar-refractivity contribution is -0.162. The molecule has 1 aliphatic rings. The van der Waals surface area contributed by atoms with Crippen molar-refractivity contribution < 1.29 is 19.4 Å². The molecule has 2 atom stereocenters. The number of ether oxygens (including phenoxy) is 1. The molecule has 1 aromatic carbocycles. The van der Waals surface area contributed by atoms with E-state index >= 15 is 0 Å². The number of carbonyl (C=O) groups excluding carboxylic acids is 2. The lowest BCUT2D eigenvalue weighted by Crippen LogP contribution is -2.53. The van der Waals surface area contributed by atoms with Crippen LogP contribution >= 0.6 is 0 Å². The van der Waals surface area contributed by atoms with Crippen LogP contribution in [-0.2, 0) is 20.9 Å². The molecule has 0 bridgehead atoms. The minimum atomic E-state index is -1.000. The molecule has 0 saturated carbocycles. The van der Waals surface area contributed by atoms with E-state index < -0.39 is 18.1 Å². The number of benzene rings is 1. The first kappa shape index (κ1) is 17.5. The number of nitrogens with zero attached hydrogens (tertiary/aromatic N) is 1. The number of carbonyl (C=O) groups is 2. The summed E-state index contributed by atoms with van der Waals surface area (Å²) in [6, 6.07) is 8.83. The maximum Gasteiger partial charge on any atom is 0.329 e. The van der Waals surface area contributed by atoms with Gasteiger partial charge in [0.15, 0.2) is 0 Å². The number of hydrogen-bond donors (Lipinski definition) is 1. The highest BCUT2D eigenvalue weighted by molar-refractivity contribution is 5.87. The van der Waals surface area contributed by atoms with Gasteiger partial charge in [0.1, 0.15) is 18.8 Å². The summed E-state index contributed by atoms with van der Waals surface area (Å²) in [5.41, 5.74) is 0.911. The van der Waals surface area contributed by atoms with Crippen molar-refractivity contribution in [2.45, 2.75) is 51.9 Å². The lowest BCUT2D eigenvalue weighted by Gasteiger charge is -2.35. The van der Waals surface area contributed by atoms with E-state index in [-0.39, 0.29) is 18.4 Å². The molecule has 1 aliphatic heterocycles. The Hall–Kier alpha value is -1.88. The molecule has 5 nitrogen and oxygen atoms in total. The van der Waals surface area contributed by atoms with E-state index in [0.29, 0.717) is 25.8 Å². The van der Waals surface area contributed by atoms with Gasteiger partial charge in [0.05, 0.1) is 0 Å². The van der Waals surface area contributed by atoms with Gasteiger partial charge in [-0.25, -0.2) is 4.79 Å². The van der Waals surface area contributed by atoms with Crippen LogP contribution in [0.4, 0.5) is 0 Å². The Balaban J connectivity index is 2.04. The standard InChI is InChI=1S/C18H25NO4/c1-13(2)11-15(19-10-6-9-16(20)17(19)21)18(22)23-12-14-7-4-3-5-8-14/h3-5,7-8,13,15-16,20H,6,9-12H2,1-2H3/t15-,16+/m0/s1. The molecule has 1 aromatic rings. The number of amides is 1. The summed E-state index contributed by atoms with van der Waals surface area (Å²) in [4.78, 5) is 26.2. The minimum Gasteiger partial charge on any atom is -0.459 e. The predicted octanol–water partition coefficient (Wildman–Crippen LogP) is 2.13. The Kier molecular flexibility index (Phi) is 6.16. The summed E-state index contributed by atoms with van der Waals surface area (Å²) in [5, 5.41) is 9.78. The molecule has 5 heteroatoms. The van der Waals surface area contributed by atoms with Crippen LogP contribution in [0.1, 0.15) is 38.7 Å². The zero-order valence-electron chi connectivity index (χ0n) is 13.8. The Labute approximate surface area is 137 Å². The van der Waals surface area contributed by atoms with Gasteiger partial charge in [0, 0.05) is 6.54 Å². The van der Waals surface area contributed by atoms with E-state index in [0.717, 1.165) is 5.56 Å². The summed E-state index contributed by atoms with van der Waals surface area (Å²) in [7, 11) is 0. The molecule has 1 saturated heterocycles. The Morgan fingerprint density at radius 2 is 2.04 bits per heavy atom. The molecule has 1 amide bonds. The van der Waals surface area contributed by atoms with Crippen LogP contribution in [-0.4, -0.2) is 40.6 Å². The van der Waals surface area contributed by atoms with Crippen LogP contribution in [0.15, 0.2) is 30.3 Å². The van der Waals surface area contributed by atoms with Gasteiger partial charge in [-0.15, -0.1) is 0 Å². The average Bonchev–Trinajstić information content (AvgIpc) is 2.54. The van der Waals surface area contributed by atoms with E-state index in [4.69, 9.17) is 4.74 Å². The molecule has 0 unspecified atom stereocenters. The third kappa shape index (κ3) is 4.79. The van der Waals surface area contributed by atoms with Crippen molar-refractivity contribution in [3.05, 3.63) is 35.9 Å². The molecular weight excluding hydrogens is 294 g/mol. The Bertz CT molecular complexity index is 529. The molecule has 1 fully saturated rings. The monoisotopic (exact) mass is 319 g/mol. The highest BCUT2D eigenvalue weighted by Crippen LogP contribution is 2.20. The van der Waals surface area contributed by atoms with Crippen molar-refractivity contribution in [2.75, 3.05) is 6.54 Å². The maximum absolute atomic E-state index is 12.5. The van der Waals surface area contributed by atoms with E-state index in [9.17, 15) is 14.7 Å². The molecule has 126 valence electrons. The largest absolute Gasteiger partial charge is 0.459 e. The molecule has 1 N–H and O–H groups in total. The van der Waals surface area contributed by atoms with Gasteiger partial charge in [-0.3, -0.25) is 4.79 Å². The number of esters is 1. The second-order valence-corrected chi connectivity index (χ2v) is 6.43. The SMILES string of the molecule is CC(C)C[C@@H](C(=O)OCc1ccccc1)N1CCC[C@@H](O)C1=O. The van der Waals surface area contributed by atoms with Gasteiger partial charge in [-0.1, -0.05) is 44.2 Å². The van der Waals surface area contributed by atoms with Gasteiger partial charge in [-0.05, 0) is 30.7 Å². The van der Waals surface area contributed by atoms with Crippen LogP contribution in [0.5, 0.6) is 0 Å². The third-order valence-corrected chi connectivity index (χ3v) is 4.01. The number of aliphatic hydroxyl groups excluding tert-OH is 1. The highest BCUT2D eigenvalue weighted by atomic mass is 16.5. The van der Waals surface area contributed by atoms with E-state index in [1.807, 2.05) is 44.2 Å². The van der Waals surface area contributed by atoms with Gasteiger partial charge in [-0.2, -0.15) is 0 Å². The first-order valence-electron chi connectivity index (χ1n) is 8.18. The van der Waals surface area contributed by atoms with Crippen molar-refractivity contribution in [1.82, 2.24) is 4.90 Å². The van der Waals surface area contributed by atoms with Gasteiger partial charge in [0.2, 0.25) is 0 Å². The number of hydrogen-bond acceptors (Lipinski definition) is 4. The van der Waals surface area contributed by atoms with Crippen LogP contribution in [0.2, 0.25) is 0 Å². The third-order valence-electron chi connectivity index (χ3n) is 4.01. The van der Waals surface area contributed by atoms with Crippen LogP contribution in [0.3, 0.4) is 0 Å². The quantitative estimate of drug-likeness (QED) is 0.816. The van der Waals surface area contributed by atoms with Crippen molar-refractivity contribution in [2.24, 2.45) is 5.92 Å². The van der Waals surface area contributed by atoms with Gasteiger partial charge < -0.3 is 14.7 Å². The number of aliphatic hydroxyl groups is 1. The van der Waals surface area contributed by atoms with E-state index in [1.165, 1.54) is 4.90 Å². The van der Waals surface area contributed by atoms with E-state index in [1.54, 1.807) is 0 Å². The zero-order valence-corrected chi connectivity index (χ0v) is 13.8. The average molecular weight is 319 g/mol. The van der Waals surface area contributed by atoms with Crippen LogP contribution in [0, 0.1) is 5.92 Å². The fourth-order valence-corrected chi connectivity index (χ4v) is 2.81. The molecule has 2 rings (SSSR count). The summed E-state index contributed by atoms with van der Waals surface area (Å²) in [5.74, 6) is -0.514. The van der Waals surface area contributed by atoms with E-state index in [2.05, 4.69) is 0 Å². The second-order valence-electron chi connectivity index (χ2n) is 6.43. The van der Waals surface area contributed by atoms with Gasteiger partial charge >= 0.3 is 5.97 Å². The fraction of sp³-hybridized carbons (Fsp3) is 0.556. The molecule has 0 aliphatic carbocycles. The Morgan fingerprint density at radius 1 is 1.35 bits per heavy atom. The Morgan fingerprint density at radius 3 is 2.70 bits per heavy atom. The maximum atomic E-state index is 12.5. The summed E-state index contributed by atoms with van der Waals surface area (Å²) < 4.78 is 5.41. The normalized spacial score (nSPS) is 19.7. The van der Waals surface area contributed by atoms with Crippen LogP contribution < -0.4 is 0 Å². The second kappa shape index (κ2) is 8.11. The zero-order chi connectivity index (χ0) is 16.8. The van der Waals surface area contributed by atoms with Crippen molar-refractivity contribution in [3.63, 3.8) is 0 Å². The number of piperidine rings is 1. The van der Waals surface area contributed by atoms with Crippen molar-refractivity contribution in [3.8, 4) is 0 Å². The summed E-state index contributed by atoms with van der Waals surface area (Å²) in [6.45, 7) is 4.69. The summed E-state index contributed by atoms with van der Waals surface area (Å²) >= 11 is 0. The molecule has 0 spiro atoms. The topological polar surface area (TPSA) is 66.8 Å². The van der Waals surface area contributed by atoms with Crippen molar-refractivity contribution in [1.29, 1.82) is 0 Å². The van der Waals surface area contributed by atoms with Gasteiger partial charge in [0.25, 0.3) is 5.91 Å². The number of likely N-dealkylation sites (tertiary alicyclic amines) is 1. The molecule has 0 radical (unpaired) electrons.